The summed E-state index contributed by atoms with van der Waals surface area (Å²) in [6.45, 7) is 8.07. The maximum Gasteiger partial charge on any atom is 0.326 e. The van der Waals surface area contributed by atoms with Crippen LogP contribution in [0.4, 0.5) is 0 Å². The molecule has 1 heterocycles. The molecule has 40 heavy (non-hydrogen) atoms. The zero-order valence-corrected chi connectivity index (χ0v) is 24.0. The summed E-state index contributed by atoms with van der Waals surface area (Å²) in [4.78, 5) is 54.7. The third-order valence-corrected chi connectivity index (χ3v) is 7.19. The van der Waals surface area contributed by atoms with Crippen LogP contribution in [0.1, 0.15) is 65.4 Å². The molecule has 1 aromatic heterocycles. The molecule has 11 nitrogen and oxygen atoms in total. The van der Waals surface area contributed by atoms with E-state index in [1.165, 1.54) is 0 Å². The van der Waals surface area contributed by atoms with E-state index in [4.69, 9.17) is 11.5 Å². The third-order valence-electron chi connectivity index (χ3n) is 7.19. The fourth-order valence-electron chi connectivity index (χ4n) is 4.51. The molecule has 1 aromatic carbocycles. The average molecular weight is 559 g/mol. The molecule has 2 rings (SSSR count). The summed E-state index contributed by atoms with van der Waals surface area (Å²) in [7, 11) is 0. The van der Waals surface area contributed by atoms with Gasteiger partial charge in [-0.15, -0.1) is 0 Å². The molecule has 5 atom stereocenters. The second-order valence-electron chi connectivity index (χ2n) is 10.9. The largest absolute Gasteiger partial charge is 0.480 e. The maximum atomic E-state index is 13.4. The predicted octanol–water partition coefficient (Wildman–Crippen LogP) is 1.80. The van der Waals surface area contributed by atoms with Crippen LogP contribution in [0.5, 0.6) is 0 Å². The van der Waals surface area contributed by atoms with Crippen LogP contribution in [0.25, 0.3) is 10.9 Å². The number of hydrogen-bond donors (Lipinski definition) is 7. The number of fused-ring (bicyclic) bond motifs is 1. The Kier molecular flexibility index (Phi) is 13.1. The lowest BCUT2D eigenvalue weighted by Crippen LogP contribution is -2.58. The molecular weight excluding hydrogens is 512 g/mol. The smallest absolute Gasteiger partial charge is 0.326 e. The molecule has 0 saturated carbocycles. The first-order valence-corrected chi connectivity index (χ1v) is 14.1. The van der Waals surface area contributed by atoms with Crippen LogP contribution >= 0.6 is 0 Å². The Balaban J connectivity index is 2.19. The number of rotatable bonds is 17. The van der Waals surface area contributed by atoms with Gasteiger partial charge in [-0.05, 0) is 55.7 Å². The van der Waals surface area contributed by atoms with Gasteiger partial charge in [-0.25, -0.2) is 4.79 Å². The van der Waals surface area contributed by atoms with Crippen molar-refractivity contribution in [1.82, 2.24) is 20.9 Å². The summed E-state index contributed by atoms with van der Waals surface area (Å²) in [5.74, 6) is -2.73. The Morgan fingerprint density at radius 2 is 1.55 bits per heavy atom. The summed E-state index contributed by atoms with van der Waals surface area (Å²) >= 11 is 0. The highest BCUT2D eigenvalue weighted by atomic mass is 16.4. The highest BCUT2D eigenvalue weighted by Gasteiger charge is 2.31. The van der Waals surface area contributed by atoms with E-state index in [-0.39, 0.29) is 24.7 Å². The number of carbonyl (C=O) groups is 4. The first kappa shape index (κ1) is 32.8. The van der Waals surface area contributed by atoms with E-state index in [1.807, 2.05) is 52.0 Å². The van der Waals surface area contributed by atoms with E-state index in [1.54, 1.807) is 6.20 Å². The van der Waals surface area contributed by atoms with Gasteiger partial charge >= 0.3 is 5.97 Å². The molecule has 0 aliphatic carbocycles. The van der Waals surface area contributed by atoms with Crippen LogP contribution in [-0.2, 0) is 25.6 Å². The number of aromatic nitrogens is 1. The van der Waals surface area contributed by atoms with E-state index in [0.29, 0.717) is 32.2 Å². The second-order valence-corrected chi connectivity index (χ2v) is 10.9. The topological polar surface area (TPSA) is 192 Å². The van der Waals surface area contributed by atoms with Crippen molar-refractivity contribution < 1.29 is 24.3 Å². The number of benzene rings is 1. The molecule has 0 aliphatic rings. The number of aromatic amines is 1. The van der Waals surface area contributed by atoms with Gasteiger partial charge < -0.3 is 37.5 Å². The van der Waals surface area contributed by atoms with Crippen molar-refractivity contribution in [3.8, 4) is 0 Å². The number of carboxylic acids is 1. The van der Waals surface area contributed by atoms with Gasteiger partial charge in [-0.3, -0.25) is 14.4 Å². The Morgan fingerprint density at radius 1 is 0.925 bits per heavy atom. The number of nitrogens with one attached hydrogen (secondary N) is 4. The third kappa shape index (κ3) is 9.63. The number of hydrogen-bond acceptors (Lipinski definition) is 6. The molecule has 5 unspecified atom stereocenters. The van der Waals surface area contributed by atoms with Gasteiger partial charge in [0, 0.05) is 23.5 Å². The van der Waals surface area contributed by atoms with Crippen LogP contribution in [0, 0.1) is 11.8 Å². The number of carbonyl (C=O) groups excluding carboxylic acids is 3. The standard InChI is InChI=1S/C29H46N6O5/c1-5-18(4)25(31)28(38)34-23(14-17(2)3)27(37)33-22(12-8-9-13-30)26(36)35-24(29(39)40)15-19-16-32-21-11-7-6-10-20(19)21/h6-7,10-11,16-18,22-25,32H,5,8-9,12-15,30-31H2,1-4H3,(H,33,37)(H,34,38)(H,35,36)(H,39,40). The quantitative estimate of drug-likeness (QED) is 0.144. The lowest BCUT2D eigenvalue weighted by molar-refractivity contribution is -0.142. The molecule has 9 N–H and O–H groups in total. The Morgan fingerprint density at radius 3 is 2.17 bits per heavy atom. The molecule has 0 fully saturated rings. The Hall–Kier alpha value is -3.44. The highest BCUT2D eigenvalue weighted by Crippen LogP contribution is 2.19. The van der Waals surface area contributed by atoms with Crippen LogP contribution in [0.3, 0.4) is 0 Å². The predicted molar refractivity (Wildman–Crippen MR) is 155 cm³/mol. The van der Waals surface area contributed by atoms with Crippen molar-refractivity contribution in [1.29, 1.82) is 0 Å². The molecule has 0 bridgehead atoms. The molecule has 3 amide bonds. The van der Waals surface area contributed by atoms with Crippen molar-refractivity contribution in [2.75, 3.05) is 6.54 Å². The van der Waals surface area contributed by atoms with Crippen LogP contribution in [0.15, 0.2) is 30.5 Å². The van der Waals surface area contributed by atoms with Gasteiger partial charge in [0.25, 0.3) is 0 Å². The molecule has 11 heteroatoms. The summed E-state index contributed by atoms with van der Waals surface area (Å²) < 4.78 is 0. The fourth-order valence-corrected chi connectivity index (χ4v) is 4.51. The number of unbranched alkanes of at least 4 members (excludes halogenated alkanes) is 1. The van der Waals surface area contributed by atoms with Crippen molar-refractivity contribution in [2.45, 2.75) is 90.4 Å². The summed E-state index contributed by atoms with van der Waals surface area (Å²) in [5.41, 5.74) is 13.3. The molecule has 0 aliphatic heterocycles. The number of carboxylic acid groups (broad SMARTS) is 1. The summed E-state index contributed by atoms with van der Waals surface area (Å²) in [6, 6.07) is 3.64. The van der Waals surface area contributed by atoms with Gasteiger partial charge in [0.2, 0.25) is 17.7 Å². The Bertz CT molecular complexity index is 1130. The lowest BCUT2D eigenvalue weighted by atomic mass is 9.97. The van der Waals surface area contributed by atoms with Gasteiger partial charge in [0.1, 0.15) is 18.1 Å². The monoisotopic (exact) mass is 558 g/mol. The number of nitrogens with two attached hydrogens (primary N) is 2. The van der Waals surface area contributed by atoms with Gasteiger partial charge in [-0.1, -0.05) is 52.3 Å². The van der Waals surface area contributed by atoms with Gasteiger partial charge in [0.05, 0.1) is 6.04 Å². The molecule has 0 spiro atoms. The first-order chi connectivity index (χ1) is 19.0. The van der Waals surface area contributed by atoms with E-state index in [2.05, 4.69) is 20.9 Å². The lowest BCUT2D eigenvalue weighted by Gasteiger charge is -2.27. The zero-order valence-electron chi connectivity index (χ0n) is 24.0. The van der Waals surface area contributed by atoms with Crippen LogP contribution in [0.2, 0.25) is 0 Å². The van der Waals surface area contributed by atoms with E-state index < -0.39 is 47.9 Å². The fraction of sp³-hybridized carbons (Fsp3) is 0.586. The highest BCUT2D eigenvalue weighted by molar-refractivity contribution is 5.94. The van der Waals surface area contributed by atoms with Gasteiger partial charge in [0.15, 0.2) is 0 Å². The second kappa shape index (κ2) is 16.0. The van der Waals surface area contributed by atoms with Crippen LogP contribution < -0.4 is 27.4 Å². The number of para-hydroxylation sites is 1. The molecule has 2 aromatic rings. The van der Waals surface area contributed by atoms with Crippen molar-refractivity contribution in [3.63, 3.8) is 0 Å². The van der Waals surface area contributed by atoms with Crippen LogP contribution in [-0.4, -0.2) is 64.5 Å². The molecule has 0 saturated heterocycles. The van der Waals surface area contributed by atoms with Crippen molar-refractivity contribution >= 4 is 34.6 Å². The van der Waals surface area contributed by atoms with Crippen molar-refractivity contribution in [3.05, 3.63) is 36.0 Å². The average Bonchev–Trinajstić information content (AvgIpc) is 3.33. The minimum absolute atomic E-state index is 0.0636. The first-order valence-electron chi connectivity index (χ1n) is 14.1. The summed E-state index contributed by atoms with van der Waals surface area (Å²) in [5, 5.41) is 18.9. The maximum absolute atomic E-state index is 13.4. The Labute approximate surface area is 236 Å². The van der Waals surface area contributed by atoms with E-state index in [9.17, 15) is 24.3 Å². The summed E-state index contributed by atoms with van der Waals surface area (Å²) in [6.07, 6.45) is 4.30. The molecule has 0 radical (unpaired) electrons. The van der Waals surface area contributed by atoms with E-state index >= 15 is 0 Å². The van der Waals surface area contributed by atoms with E-state index in [0.717, 1.165) is 16.5 Å². The number of amides is 3. The SMILES string of the molecule is CCC(C)C(N)C(=O)NC(CC(C)C)C(=O)NC(CCCCN)C(=O)NC(Cc1c[nH]c2ccccc12)C(=O)O. The van der Waals surface area contributed by atoms with Crippen molar-refractivity contribution in [2.24, 2.45) is 23.3 Å². The molecule has 222 valence electrons. The zero-order chi connectivity index (χ0) is 29.8. The number of H-pyrrole nitrogens is 1. The van der Waals surface area contributed by atoms with Gasteiger partial charge in [-0.2, -0.15) is 0 Å². The number of aliphatic carboxylic acids is 1. The molecular formula is C29H46N6O5. The minimum Gasteiger partial charge on any atom is -0.480 e. The normalized spacial score (nSPS) is 15.2. The minimum atomic E-state index is -1.21.